The van der Waals surface area contributed by atoms with Crippen LogP contribution in [0.4, 0.5) is 0 Å². The number of aromatic nitrogens is 1. The second-order valence-electron chi connectivity index (χ2n) is 11.1. The zero-order valence-corrected chi connectivity index (χ0v) is 22.4. The average molecular weight is 510 g/mol. The molecule has 202 valence electrons. The Morgan fingerprint density at radius 2 is 1.78 bits per heavy atom. The maximum Gasteiger partial charge on any atom is 0.270 e. The molecule has 0 bridgehead atoms. The summed E-state index contributed by atoms with van der Waals surface area (Å²) in [6.07, 6.45) is 13.7. The summed E-state index contributed by atoms with van der Waals surface area (Å²) in [6, 6.07) is 8.52. The minimum absolute atomic E-state index is 0.140. The topological polar surface area (TPSA) is 72.9 Å². The lowest BCUT2D eigenvalue weighted by Gasteiger charge is -2.37. The number of likely N-dealkylation sites (tertiary alicyclic amines) is 1. The zero-order valence-electron chi connectivity index (χ0n) is 22.4. The largest absolute Gasteiger partial charge is 0.491 e. The van der Waals surface area contributed by atoms with E-state index >= 15 is 0 Å². The van der Waals surface area contributed by atoms with Crippen LogP contribution in [0.25, 0.3) is 10.9 Å². The van der Waals surface area contributed by atoms with Crippen LogP contribution in [0.3, 0.4) is 0 Å². The number of ether oxygens (including phenoxy) is 3. The number of hydrogen-bond donors (Lipinski definition) is 1. The molecule has 1 saturated heterocycles. The fourth-order valence-electron chi connectivity index (χ4n) is 6.32. The summed E-state index contributed by atoms with van der Waals surface area (Å²) in [5, 5.41) is 4.15. The molecule has 1 atom stereocenters. The van der Waals surface area contributed by atoms with Crippen molar-refractivity contribution < 1.29 is 19.0 Å². The van der Waals surface area contributed by atoms with Crippen molar-refractivity contribution in [2.24, 2.45) is 5.92 Å². The highest BCUT2D eigenvalue weighted by Crippen LogP contribution is 2.33. The van der Waals surface area contributed by atoms with Crippen LogP contribution in [0.1, 0.15) is 81.1 Å². The van der Waals surface area contributed by atoms with Gasteiger partial charge in [0.25, 0.3) is 5.91 Å². The zero-order chi connectivity index (χ0) is 25.5. The van der Waals surface area contributed by atoms with Gasteiger partial charge >= 0.3 is 0 Å². The van der Waals surface area contributed by atoms with Gasteiger partial charge in [-0.2, -0.15) is 0 Å². The first-order valence-corrected chi connectivity index (χ1v) is 14.4. The summed E-state index contributed by atoms with van der Waals surface area (Å²) in [5.74, 6) is 1.81. The van der Waals surface area contributed by atoms with E-state index in [9.17, 15) is 4.79 Å². The molecular weight excluding hydrogens is 466 g/mol. The number of amides is 1. The molecule has 3 fully saturated rings. The molecule has 0 radical (unpaired) electrons. The van der Waals surface area contributed by atoms with Gasteiger partial charge in [-0.1, -0.05) is 38.2 Å². The van der Waals surface area contributed by atoms with E-state index in [2.05, 4.69) is 10.2 Å². The van der Waals surface area contributed by atoms with Gasteiger partial charge in [0.05, 0.1) is 13.2 Å². The van der Waals surface area contributed by atoms with Gasteiger partial charge in [-0.05, 0) is 63.1 Å². The molecule has 7 heteroatoms. The molecule has 7 nitrogen and oxygen atoms in total. The third-order valence-corrected chi connectivity index (χ3v) is 8.37. The molecular formula is C30H43N3O4. The number of hydrogen-bond acceptors (Lipinski definition) is 6. The fourth-order valence-corrected chi connectivity index (χ4v) is 6.32. The highest BCUT2D eigenvalue weighted by molar-refractivity contribution is 5.98. The normalized spacial score (nSPS) is 21.8. The quantitative estimate of drug-likeness (QED) is 0.435. The summed E-state index contributed by atoms with van der Waals surface area (Å²) in [6.45, 7) is 3.64. The Morgan fingerprint density at radius 1 is 0.973 bits per heavy atom. The second-order valence-corrected chi connectivity index (χ2v) is 11.1. The van der Waals surface area contributed by atoms with Crippen molar-refractivity contribution in [1.29, 1.82) is 0 Å². The lowest BCUT2D eigenvalue weighted by Crippen LogP contribution is -2.50. The number of nitrogens with one attached hydrogen (secondary N) is 1. The molecule has 0 unspecified atom stereocenters. The number of rotatable bonds is 10. The Kier molecular flexibility index (Phi) is 9.16. The minimum atomic E-state index is -0.140. The van der Waals surface area contributed by atoms with Gasteiger partial charge in [0, 0.05) is 37.2 Å². The maximum absolute atomic E-state index is 13.5. The van der Waals surface area contributed by atoms with Gasteiger partial charge in [0.1, 0.15) is 29.3 Å². The Balaban J connectivity index is 1.34. The number of carbonyl (C=O) groups excluding carboxylic acids is 1. The molecule has 2 aliphatic carbocycles. The Morgan fingerprint density at radius 3 is 2.59 bits per heavy atom. The van der Waals surface area contributed by atoms with Crippen LogP contribution in [0, 0.1) is 5.92 Å². The van der Waals surface area contributed by atoms with Crippen LogP contribution in [0.5, 0.6) is 11.5 Å². The standard InChI is InChI=1S/C30H43N3O4/c1-35-17-18-36-28-19-26(30(34)31-23-11-8-16-33(20-23)24-12-5-6-13-24)32-29-25(28)14-7-15-27(29)37-21-22-9-3-2-4-10-22/h7,14-15,19,22-24H,2-6,8-13,16-18,20-21H2,1H3,(H,31,34)/t23-/m1/s1. The van der Waals surface area contributed by atoms with E-state index in [0.29, 0.717) is 48.7 Å². The third-order valence-electron chi connectivity index (χ3n) is 8.37. The lowest BCUT2D eigenvalue weighted by atomic mass is 9.90. The first-order valence-electron chi connectivity index (χ1n) is 14.4. The van der Waals surface area contributed by atoms with E-state index in [1.165, 1.54) is 57.8 Å². The van der Waals surface area contributed by atoms with E-state index in [-0.39, 0.29) is 11.9 Å². The van der Waals surface area contributed by atoms with Crippen molar-refractivity contribution in [1.82, 2.24) is 15.2 Å². The molecule has 1 aromatic carbocycles. The maximum atomic E-state index is 13.5. The summed E-state index contributed by atoms with van der Waals surface area (Å²) in [5.41, 5.74) is 1.07. The summed E-state index contributed by atoms with van der Waals surface area (Å²) >= 11 is 0. The highest BCUT2D eigenvalue weighted by atomic mass is 16.5. The summed E-state index contributed by atoms with van der Waals surface area (Å²) in [7, 11) is 1.66. The second kappa shape index (κ2) is 12.9. The van der Waals surface area contributed by atoms with Crippen LogP contribution < -0.4 is 14.8 Å². The predicted octanol–water partition coefficient (Wildman–Crippen LogP) is 5.36. The van der Waals surface area contributed by atoms with Gasteiger partial charge in [0.15, 0.2) is 0 Å². The van der Waals surface area contributed by atoms with Gasteiger partial charge in [0.2, 0.25) is 0 Å². The first kappa shape index (κ1) is 26.2. The smallest absolute Gasteiger partial charge is 0.270 e. The Hall–Kier alpha value is -2.38. The SMILES string of the molecule is COCCOc1cc(C(=O)N[C@@H]2CCCN(C3CCCC3)C2)nc2c(OCC3CCCCC3)cccc12. The van der Waals surface area contributed by atoms with Crippen LogP contribution in [0.2, 0.25) is 0 Å². The van der Waals surface area contributed by atoms with E-state index < -0.39 is 0 Å². The molecule has 2 heterocycles. The number of nitrogens with zero attached hydrogens (tertiary/aromatic N) is 2. The molecule has 37 heavy (non-hydrogen) atoms. The van der Waals surface area contributed by atoms with Gasteiger partial charge in [-0.3, -0.25) is 9.69 Å². The number of methoxy groups -OCH3 is 1. The van der Waals surface area contributed by atoms with E-state index in [1.807, 2.05) is 18.2 Å². The molecule has 1 N–H and O–H groups in total. The predicted molar refractivity (Wildman–Crippen MR) is 146 cm³/mol. The number of piperidine rings is 1. The molecule has 2 aromatic rings. The van der Waals surface area contributed by atoms with Crippen molar-refractivity contribution in [3.8, 4) is 11.5 Å². The van der Waals surface area contributed by atoms with Gasteiger partial charge in [-0.25, -0.2) is 4.98 Å². The van der Waals surface area contributed by atoms with E-state index in [4.69, 9.17) is 19.2 Å². The third kappa shape index (κ3) is 6.74. The molecule has 5 rings (SSSR count). The lowest BCUT2D eigenvalue weighted by molar-refractivity contribution is 0.0870. The minimum Gasteiger partial charge on any atom is -0.491 e. The van der Waals surface area contributed by atoms with Crippen LogP contribution in [-0.4, -0.2) is 67.9 Å². The summed E-state index contributed by atoms with van der Waals surface area (Å²) < 4.78 is 17.6. The number of para-hydroxylation sites is 1. The van der Waals surface area contributed by atoms with Crippen LogP contribution in [0.15, 0.2) is 24.3 Å². The molecule has 0 spiro atoms. The van der Waals surface area contributed by atoms with Crippen LogP contribution in [-0.2, 0) is 4.74 Å². The van der Waals surface area contributed by atoms with Gasteiger partial charge < -0.3 is 19.5 Å². The van der Waals surface area contributed by atoms with Crippen molar-refractivity contribution in [2.45, 2.75) is 82.7 Å². The molecule has 2 saturated carbocycles. The summed E-state index contributed by atoms with van der Waals surface area (Å²) in [4.78, 5) is 20.9. The highest BCUT2D eigenvalue weighted by Gasteiger charge is 2.29. The fraction of sp³-hybridized carbons (Fsp3) is 0.667. The molecule has 3 aliphatic rings. The van der Waals surface area contributed by atoms with Gasteiger partial charge in [-0.15, -0.1) is 0 Å². The van der Waals surface area contributed by atoms with Crippen molar-refractivity contribution in [2.75, 3.05) is 40.0 Å². The van der Waals surface area contributed by atoms with E-state index in [0.717, 1.165) is 37.1 Å². The Labute approximate surface area is 221 Å². The first-order chi connectivity index (χ1) is 18.2. The van der Waals surface area contributed by atoms with Crippen molar-refractivity contribution in [3.05, 3.63) is 30.0 Å². The number of carbonyl (C=O) groups is 1. The Bertz CT molecular complexity index is 1030. The molecule has 1 aliphatic heterocycles. The van der Waals surface area contributed by atoms with Crippen molar-refractivity contribution >= 4 is 16.8 Å². The molecule has 1 aromatic heterocycles. The molecule has 1 amide bonds. The van der Waals surface area contributed by atoms with Crippen molar-refractivity contribution in [3.63, 3.8) is 0 Å². The van der Waals surface area contributed by atoms with Crippen LogP contribution >= 0.6 is 0 Å². The number of pyridine rings is 1. The number of benzene rings is 1. The average Bonchev–Trinajstić information content (AvgIpc) is 3.48. The number of fused-ring (bicyclic) bond motifs is 1. The van der Waals surface area contributed by atoms with E-state index in [1.54, 1.807) is 13.2 Å². The monoisotopic (exact) mass is 509 g/mol.